The number of nitrogens with one attached hydrogen (secondary N) is 1. The lowest BCUT2D eigenvalue weighted by molar-refractivity contribution is -0.120. The summed E-state index contributed by atoms with van der Waals surface area (Å²) in [6, 6.07) is 9.17. The molecule has 1 N–H and O–H groups in total. The van der Waals surface area contributed by atoms with Gasteiger partial charge < -0.3 is 19.5 Å². The maximum Gasteiger partial charge on any atom is 0.253 e. The van der Waals surface area contributed by atoms with Crippen molar-refractivity contribution in [2.75, 3.05) is 26.4 Å². The van der Waals surface area contributed by atoms with Crippen molar-refractivity contribution in [1.29, 1.82) is 0 Å². The minimum Gasteiger partial charge on any atom is -0.490 e. The van der Waals surface area contributed by atoms with Gasteiger partial charge in [0.2, 0.25) is 5.75 Å². The zero-order chi connectivity index (χ0) is 23.1. The number of nitrogens with zero attached hydrogens (tertiary/aromatic N) is 1. The van der Waals surface area contributed by atoms with Crippen LogP contribution in [0.2, 0.25) is 0 Å². The van der Waals surface area contributed by atoms with Crippen molar-refractivity contribution >= 4 is 17.9 Å². The molecule has 170 valence electrons. The van der Waals surface area contributed by atoms with Gasteiger partial charge in [-0.25, -0.2) is 4.99 Å². The average molecular weight is 439 g/mol. The highest BCUT2D eigenvalue weighted by atomic mass is 16.5. The van der Waals surface area contributed by atoms with Crippen LogP contribution >= 0.6 is 0 Å². The highest BCUT2D eigenvalue weighted by molar-refractivity contribution is 5.95. The molecule has 1 heterocycles. The van der Waals surface area contributed by atoms with Gasteiger partial charge in [-0.05, 0) is 63.1 Å². The number of benzene rings is 2. The highest BCUT2D eigenvalue weighted by Crippen LogP contribution is 2.39. The summed E-state index contributed by atoms with van der Waals surface area (Å²) in [5, 5.41) is 4.54. The van der Waals surface area contributed by atoms with Gasteiger partial charge in [-0.2, -0.15) is 0 Å². The third kappa shape index (κ3) is 5.46. The molecule has 2 aromatic rings. The molecular weight excluding hydrogens is 408 g/mol. The summed E-state index contributed by atoms with van der Waals surface area (Å²) >= 11 is 0. The van der Waals surface area contributed by atoms with Crippen molar-refractivity contribution in [3.05, 3.63) is 52.0 Å². The Balaban J connectivity index is 1.71. The van der Waals surface area contributed by atoms with Crippen LogP contribution in [0.5, 0.6) is 17.2 Å². The van der Waals surface area contributed by atoms with Crippen LogP contribution in [0.4, 0.5) is 0 Å². The minimum atomic E-state index is -0.358. The summed E-state index contributed by atoms with van der Waals surface area (Å²) in [4.78, 5) is 29.4. The van der Waals surface area contributed by atoms with Crippen molar-refractivity contribution in [1.82, 2.24) is 5.32 Å². The van der Waals surface area contributed by atoms with Crippen molar-refractivity contribution in [3.63, 3.8) is 0 Å². The van der Waals surface area contributed by atoms with Crippen LogP contribution in [0.15, 0.2) is 35.3 Å². The second-order valence-corrected chi connectivity index (χ2v) is 7.43. The molecule has 2 amide bonds. The molecule has 2 aromatic carbocycles. The molecule has 7 nitrogen and oxygen atoms in total. The zero-order valence-corrected chi connectivity index (χ0v) is 19.1. The van der Waals surface area contributed by atoms with Gasteiger partial charge in [-0.1, -0.05) is 18.2 Å². The molecule has 1 unspecified atom stereocenters. The van der Waals surface area contributed by atoms with E-state index < -0.39 is 0 Å². The molecule has 0 saturated carbocycles. The standard InChI is InChI=1S/C25H30N2O5/c1-5-30-21-14-19(15-22(31-6-2)23(21)32-7-3)24(28)26-11-10-18-13-17-9-8-16(4)12-20(17)27-25(18)29/h8-9,12-15,18H,5-7,10-11H2,1-4H3,(H,26,28). The fourth-order valence-electron chi connectivity index (χ4n) is 3.55. The minimum absolute atomic E-state index is 0.185. The molecule has 7 heteroatoms. The molecule has 1 atom stereocenters. The fourth-order valence-corrected chi connectivity index (χ4v) is 3.55. The van der Waals surface area contributed by atoms with Crippen LogP contribution in [0.1, 0.15) is 43.1 Å². The summed E-state index contributed by atoms with van der Waals surface area (Å²) in [6.45, 7) is 9.23. The quantitative estimate of drug-likeness (QED) is 0.616. The SMILES string of the molecule is CCOc1cc(C(=O)NCCC2C=c3ccc(C)cc3=NC2=O)cc(OCC)c1OCC. The van der Waals surface area contributed by atoms with Crippen LogP contribution in [-0.4, -0.2) is 38.2 Å². The van der Waals surface area contributed by atoms with Gasteiger partial charge in [0.1, 0.15) is 0 Å². The fraction of sp³-hybridized carbons (Fsp3) is 0.400. The number of carbonyl (C=O) groups is 2. The van der Waals surface area contributed by atoms with E-state index in [-0.39, 0.29) is 17.7 Å². The van der Waals surface area contributed by atoms with E-state index in [1.165, 1.54) is 0 Å². The van der Waals surface area contributed by atoms with E-state index in [4.69, 9.17) is 14.2 Å². The first kappa shape index (κ1) is 23.3. The molecule has 0 bridgehead atoms. The van der Waals surface area contributed by atoms with E-state index >= 15 is 0 Å². The normalized spacial score (nSPS) is 14.6. The number of amides is 2. The Morgan fingerprint density at radius 1 is 1.00 bits per heavy atom. The van der Waals surface area contributed by atoms with Crippen LogP contribution in [-0.2, 0) is 4.79 Å². The lowest BCUT2D eigenvalue weighted by Crippen LogP contribution is -2.35. The third-order valence-corrected chi connectivity index (χ3v) is 5.03. The van der Waals surface area contributed by atoms with Crippen molar-refractivity contribution < 1.29 is 23.8 Å². The maximum absolute atomic E-state index is 12.8. The summed E-state index contributed by atoms with van der Waals surface area (Å²) in [5.74, 6) is 0.607. The van der Waals surface area contributed by atoms with Gasteiger partial charge in [0.25, 0.3) is 11.8 Å². The zero-order valence-electron chi connectivity index (χ0n) is 19.1. The number of aryl methyl sites for hydroxylation is 1. The third-order valence-electron chi connectivity index (χ3n) is 5.03. The van der Waals surface area contributed by atoms with E-state index in [2.05, 4.69) is 10.3 Å². The Bertz CT molecular complexity index is 1080. The molecule has 0 aliphatic carbocycles. The summed E-state index contributed by atoms with van der Waals surface area (Å²) in [7, 11) is 0. The molecule has 32 heavy (non-hydrogen) atoms. The van der Waals surface area contributed by atoms with E-state index in [0.717, 1.165) is 10.8 Å². The number of rotatable bonds is 10. The second-order valence-electron chi connectivity index (χ2n) is 7.43. The Labute approximate surface area is 188 Å². The van der Waals surface area contributed by atoms with Crippen LogP contribution in [0.3, 0.4) is 0 Å². The predicted molar refractivity (Wildman–Crippen MR) is 122 cm³/mol. The highest BCUT2D eigenvalue weighted by Gasteiger charge is 2.20. The second kappa shape index (κ2) is 10.8. The molecule has 0 aromatic heterocycles. The molecule has 0 radical (unpaired) electrons. The molecule has 1 aliphatic heterocycles. The van der Waals surface area contributed by atoms with Gasteiger partial charge in [0.15, 0.2) is 11.5 Å². The predicted octanol–water partition coefficient (Wildman–Crippen LogP) is 2.57. The summed E-state index contributed by atoms with van der Waals surface area (Å²) in [6.07, 6.45) is 2.39. The summed E-state index contributed by atoms with van der Waals surface area (Å²) < 4.78 is 17.0. The number of carbonyl (C=O) groups excluding carboxylic acids is 2. The molecular formula is C25H30N2O5. The van der Waals surface area contributed by atoms with Crippen LogP contribution in [0.25, 0.3) is 6.08 Å². The lowest BCUT2D eigenvalue weighted by atomic mass is 9.99. The molecule has 0 saturated heterocycles. The van der Waals surface area contributed by atoms with Crippen molar-refractivity contribution in [2.45, 2.75) is 34.1 Å². The van der Waals surface area contributed by atoms with Gasteiger partial charge in [-0.15, -0.1) is 0 Å². The van der Waals surface area contributed by atoms with E-state index in [0.29, 0.717) is 61.0 Å². The molecule has 0 fully saturated rings. The Kier molecular flexibility index (Phi) is 7.87. The number of ether oxygens (including phenoxy) is 3. The lowest BCUT2D eigenvalue weighted by Gasteiger charge is -2.17. The maximum atomic E-state index is 12.8. The largest absolute Gasteiger partial charge is 0.490 e. The first-order valence-corrected chi connectivity index (χ1v) is 11.0. The van der Waals surface area contributed by atoms with E-state index in [1.54, 1.807) is 12.1 Å². The molecule has 3 rings (SSSR count). The smallest absolute Gasteiger partial charge is 0.253 e. The van der Waals surface area contributed by atoms with Crippen LogP contribution < -0.4 is 30.1 Å². The van der Waals surface area contributed by atoms with Crippen LogP contribution in [0, 0.1) is 12.8 Å². The summed E-state index contributed by atoms with van der Waals surface area (Å²) in [5.41, 5.74) is 1.47. The van der Waals surface area contributed by atoms with E-state index in [9.17, 15) is 9.59 Å². The average Bonchev–Trinajstić information content (AvgIpc) is 2.76. The molecule has 1 aliphatic rings. The van der Waals surface area contributed by atoms with Gasteiger partial charge in [0.05, 0.1) is 31.1 Å². The van der Waals surface area contributed by atoms with E-state index in [1.807, 2.05) is 52.0 Å². The first-order valence-electron chi connectivity index (χ1n) is 11.0. The number of hydrogen-bond donors (Lipinski definition) is 1. The van der Waals surface area contributed by atoms with Gasteiger partial charge in [-0.3, -0.25) is 9.59 Å². The number of hydrogen-bond acceptors (Lipinski definition) is 5. The van der Waals surface area contributed by atoms with Crippen molar-refractivity contribution in [2.24, 2.45) is 10.9 Å². The van der Waals surface area contributed by atoms with Crippen molar-refractivity contribution in [3.8, 4) is 17.2 Å². The Morgan fingerprint density at radius 2 is 1.66 bits per heavy atom. The topological polar surface area (TPSA) is 86.2 Å². The molecule has 0 spiro atoms. The van der Waals surface area contributed by atoms with Gasteiger partial charge in [0, 0.05) is 12.1 Å². The number of fused-ring (bicyclic) bond motifs is 1. The van der Waals surface area contributed by atoms with Gasteiger partial charge >= 0.3 is 0 Å². The monoisotopic (exact) mass is 438 g/mol. The Hall–Kier alpha value is -3.35. The first-order chi connectivity index (χ1) is 15.5. The Morgan fingerprint density at radius 3 is 2.28 bits per heavy atom.